The molecule has 0 radical (unpaired) electrons. The number of carboxylic acid groups (broad SMARTS) is 1. The van der Waals surface area contributed by atoms with Gasteiger partial charge in [-0.1, -0.05) is 12.1 Å². The van der Waals surface area contributed by atoms with Crippen LogP contribution < -0.4 is 4.74 Å². The van der Waals surface area contributed by atoms with Gasteiger partial charge in [-0.05, 0) is 67.1 Å². The van der Waals surface area contributed by atoms with Gasteiger partial charge in [-0.3, -0.25) is 0 Å². The molecule has 20 heavy (non-hydrogen) atoms. The van der Waals surface area contributed by atoms with Gasteiger partial charge in [0.05, 0.1) is 0 Å². The molecule has 0 saturated carbocycles. The maximum absolute atomic E-state index is 11.2. The predicted molar refractivity (Wildman–Crippen MR) is 76.7 cm³/mol. The summed E-state index contributed by atoms with van der Waals surface area (Å²) in [6, 6.07) is 11.1. The number of carboxylic acids is 1. The highest BCUT2D eigenvalue weighted by Crippen LogP contribution is 2.31. The largest absolute Gasteiger partial charge is 0.478 e. The number of hydrogen-bond donors (Lipinski definition) is 1. The molecule has 0 amide bonds. The zero-order valence-corrected chi connectivity index (χ0v) is 11.3. The third-order valence-corrected chi connectivity index (χ3v) is 3.67. The molecular formula is C17H16O3. The van der Waals surface area contributed by atoms with Crippen LogP contribution in [0.25, 0.3) is 0 Å². The first kappa shape index (κ1) is 12.7. The summed E-state index contributed by atoms with van der Waals surface area (Å²) < 4.78 is 5.80. The van der Waals surface area contributed by atoms with Gasteiger partial charge in [0, 0.05) is 0 Å². The van der Waals surface area contributed by atoms with Gasteiger partial charge >= 0.3 is 5.97 Å². The Morgan fingerprint density at radius 2 is 1.90 bits per heavy atom. The zero-order chi connectivity index (χ0) is 14.1. The van der Waals surface area contributed by atoms with E-state index in [2.05, 4.69) is 6.07 Å². The van der Waals surface area contributed by atoms with E-state index in [4.69, 9.17) is 4.74 Å². The van der Waals surface area contributed by atoms with E-state index >= 15 is 0 Å². The molecule has 0 spiro atoms. The molecule has 0 aliphatic heterocycles. The fraction of sp³-hybridized carbons (Fsp3) is 0.235. The molecule has 1 aliphatic rings. The minimum absolute atomic E-state index is 0.191. The Labute approximate surface area is 117 Å². The molecule has 0 bridgehead atoms. The van der Waals surface area contributed by atoms with Crippen molar-refractivity contribution >= 4 is 5.97 Å². The van der Waals surface area contributed by atoms with Gasteiger partial charge in [-0.15, -0.1) is 0 Å². The van der Waals surface area contributed by atoms with Crippen LogP contribution in [0.5, 0.6) is 11.5 Å². The first-order valence-corrected chi connectivity index (χ1v) is 6.77. The van der Waals surface area contributed by atoms with Crippen molar-refractivity contribution in [3.63, 3.8) is 0 Å². The molecule has 0 saturated heterocycles. The standard InChI is InChI=1S/C17H16O3/c1-11-5-8-15(17(18)19)16(9-11)20-14-7-6-12-3-2-4-13(12)10-14/h5-10H,2-4H2,1H3,(H,18,19). The first-order valence-electron chi connectivity index (χ1n) is 6.77. The predicted octanol–water partition coefficient (Wildman–Crippen LogP) is 3.97. The van der Waals surface area contributed by atoms with Gasteiger partial charge < -0.3 is 9.84 Å². The molecule has 3 rings (SSSR count). The average molecular weight is 268 g/mol. The second-order valence-corrected chi connectivity index (χ2v) is 5.19. The molecule has 2 aromatic rings. The SMILES string of the molecule is Cc1ccc(C(=O)O)c(Oc2ccc3c(c2)CCC3)c1. The third-order valence-electron chi connectivity index (χ3n) is 3.67. The Hall–Kier alpha value is -2.29. The van der Waals surface area contributed by atoms with Crippen LogP contribution in [0.4, 0.5) is 0 Å². The second-order valence-electron chi connectivity index (χ2n) is 5.19. The molecule has 3 heteroatoms. The molecule has 1 aliphatic carbocycles. The molecule has 0 fully saturated rings. The molecule has 0 aromatic heterocycles. The van der Waals surface area contributed by atoms with Crippen molar-refractivity contribution in [1.82, 2.24) is 0 Å². The Morgan fingerprint density at radius 3 is 2.70 bits per heavy atom. The average Bonchev–Trinajstić information content (AvgIpc) is 2.85. The number of rotatable bonds is 3. The summed E-state index contributed by atoms with van der Waals surface area (Å²) >= 11 is 0. The maximum atomic E-state index is 11.2. The van der Waals surface area contributed by atoms with Crippen LogP contribution >= 0.6 is 0 Å². The van der Waals surface area contributed by atoms with Crippen molar-refractivity contribution in [2.75, 3.05) is 0 Å². The number of ether oxygens (including phenoxy) is 1. The Morgan fingerprint density at radius 1 is 1.10 bits per heavy atom. The summed E-state index contributed by atoms with van der Waals surface area (Å²) in [5.74, 6) is 0.135. The topological polar surface area (TPSA) is 46.5 Å². The number of aryl methyl sites for hydroxylation is 3. The Bertz CT molecular complexity index is 674. The Kier molecular flexibility index (Phi) is 3.18. The van der Waals surface area contributed by atoms with Crippen molar-refractivity contribution in [2.24, 2.45) is 0 Å². The summed E-state index contributed by atoms with van der Waals surface area (Å²) in [7, 11) is 0. The van der Waals surface area contributed by atoms with Crippen LogP contribution in [0.15, 0.2) is 36.4 Å². The normalized spacial score (nSPS) is 13.1. The van der Waals surface area contributed by atoms with Gasteiger partial charge in [0.25, 0.3) is 0 Å². The maximum Gasteiger partial charge on any atom is 0.339 e. The van der Waals surface area contributed by atoms with Gasteiger partial charge in [-0.2, -0.15) is 0 Å². The van der Waals surface area contributed by atoms with E-state index < -0.39 is 5.97 Å². The van der Waals surface area contributed by atoms with Crippen LogP contribution in [-0.4, -0.2) is 11.1 Å². The quantitative estimate of drug-likeness (QED) is 0.916. The van der Waals surface area contributed by atoms with Crippen LogP contribution in [0.2, 0.25) is 0 Å². The van der Waals surface area contributed by atoms with E-state index in [-0.39, 0.29) is 5.56 Å². The van der Waals surface area contributed by atoms with Crippen LogP contribution in [0.3, 0.4) is 0 Å². The summed E-state index contributed by atoms with van der Waals surface area (Å²) in [4.78, 5) is 11.2. The van der Waals surface area contributed by atoms with Gasteiger partial charge in [0.2, 0.25) is 0 Å². The van der Waals surface area contributed by atoms with E-state index in [9.17, 15) is 9.90 Å². The van der Waals surface area contributed by atoms with Gasteiger partial charge in [0.15, 0.2) is 0 Å². The summed E-state index contributed by atoms with van der Waals surface area (Å²) in [6.45, 7) is 1.92. The lowest BCUT2D eigenvalue weighted by Gasteiger charge is -2.11. The first-order chi connectivity index (χ1) is 9.63. The smallest absolute Gasteiger partial charge is 0.339 e. The highest BCUT2D eigenvalue weighted by Gasteiger charge is 2.15. The van der Waals surface area contributed by atoms with Crippen LogP contribution in [0, 0.1) is 6.92 Å². The van der Waals surface area contributed by atoms with E-state index in [0.29, 0.717) is 11.5 Å². The minimum Gasteiger partial charge on any atom is -0.478 e. The molecule has 3 nitrogen and oxygen atoms in total. The summed E-state index contributed by atoms with van der Waals surface area (Å²) in [5.41, 5.74) is 3.86. The summed E-state index contributed by atoms with van der Waals surface area (Å²) in [6.07, 6.45) is 3.39. The van der Waals surface area contributed by atoms with Crippen molar-refractivity contribution in [3.8, 4) is 11.5 Å². The highest BCUT2D eigenvalue weighted by molar-refractivity contribution is 5.91. The minimum atomic E-state index is -0.971. The molecular weight excluding hydrogens is 252 g/mol. The van der Waals surface area contributed by atoms with Crippen molar-refractivity contribution in [3.05, 3.63) is 58.7 Å². The number of fused-ring (bicyclic) bond motifs is 1. The highest BCUT2D eigenvalue weighted by atomic mass is 16.5. The third kappa shape index (κ3) is 2.39. The van der Waals surface area contributed by atoms with Crippen molar-refractivity contribution < 1.29 is 14.6 Å². The second kappa shape index (κ2) is 5.00. The van der Waals surface area contributed by atoms with Crippen LogP contribution in [0.1, 0.15) is 33.5 Å². The fourth-order valence-electron chi connectivity index (χ4n) is 2.63. The van der Waals surface area contributed by atoms with Crippen molar-refractivity contribution in [2.45, 2.75) is 26.2 Å². The molecule has 102 valence electrons. The molecule has 1 N–H and O–H groups in total. The number of aromatic carboxylic acids is 1. The monoisotopic (exact) mass is 268 g/mol. The van der Waals surface area contributed by atoms with E-state index in [0.717, 1.165) is 18.4 Å². The van der Waals surface area contributed by atoms with E-state index in [1.165, 1.54) is 17.5 Å². The zero-order valence-electron chi connectivity index (χ0n) is 11.3. The van der Waals surface area contributed by atoms with Gasteiger partial charge in [-0.25, -0.2) is 4.79 Å². The van der Waals surface area contributed by atoms with E-state index in [1.54, 1.807) is 18.2 Å². The van der Waals surface area contributed by atoms with Crippen LogP contribution in [-0.2, 0) is 12.8 Å². The molecule has 2 aromatic carbocycles. The lowest BCUT2D eigenvalue weighted by Crippen LogP contribution is -2.00. The lowest BCUT2D eigenvalue weighted by atomic mass is 10.1. The molecule has 0 atom stereocenters. The summed E-state index contributed by atoms with van der Waals surface area (Å²) in [5, 5.41) is 9.21. The fourth-order valence-corrected chi connectivity index (χ4v) is 2.63. The number of carbonyl (C=O) groups is 1. The number of benzene rings is 2. The molecule has 0 unspecified atom stereocenters. The number of hydrogen-bond acceptors (Lipinski definition) is 2. The molecule has 0 heterocycles. The van der Waals surface area contributed by atoms with Crippen molar-refractivity contribution in [1.29, 1.82) is 0 Å². The lowest BCUT2D eigenvalue weighted by molar-refractivity contribution is 0.0694. The van der Waals surface area contributed by atoms with E-state index in [1.807, 2.05) is 19.1 Å². The van der Waals surface area contributed by atoms with Gasteiger partial charge in [0.1, 0.15) is 17.1 Å². The Balaban J connectivity index is 1.95.